The third kappa shape index (κ3) is 10.8. The molecule has 5 rings (SSSR count). The molecular weight excluding hydrogens is 633 g/mol. The minimum atomic E-state index is 0.811. The molecule has 10 heteroatoms. The van der Waals surface area contributed by atoms with E-state index in [9.17, 15) is 0 Å². The minimum Gasteiger partial charge on any atom is -0.399 e. The van der Waals surface area contributed by atoms with Crippen molar-refractivity contribution >= 4 is 72.3 Å². The van der Waals surface area contributed by atoms with Crippen LogP contribution >= 0.6 is 21.6 Å². The molecule has 0 fully saturated rings. The van der Waals surface area contributed by atoms with Gasteiger partial charge in [0.25, 0.3) is 0 Å². The van der Waals surface area contributed by atoms with Crippen LogP contribution in [0.25, 0.3) is 16.6 Å². The average Bonchev–Trinajstić information content (AvgIpc) is 3.10. The third-order valence-corrected chi connectivity index (χ3v) is 10.0. The van der Waals surface area contributed by atoms with E-state index in [0.29, 0.717) is 0 Å². The van der Waals surface area contributed by atoms with E-state index < -0.39 is 0 Å². The number of hydrogen-bond acceptors (Lipinski definition) is 8. The van der Waals surface area contributed by atoms with Crippen molar-refractivity contribution in [3.05, 3.63) is 121 Å². The van der Waals surface area contributed by atoms with E-state index in [1.165, 1.54) is 16.9 Å². The van der Waals surface area contributed by atoms with E-state index in [2.05, 4.69) is 85.8 Å². The average molecular weight is 681 g/mol. The Labute approximate surface area is 293 Å². The highest BCUT2D eigenvalue weighted by Crippen LogP contribution is 2.26. The molecule has 0 saturated heterocycles. The van der Waals surface area contributed by atoms with E-state index >= 15 is 0 Å². The predicted molar refractivity (Wildman–Crippen MR) is 210 cm³/mol. The zero-order valence-electron chi connectivity index (χ0n) is 28.6. The lowest BCUT2D eigenvalue weighted by atomic mass is 10.1. The topological polar surface area (TPSA) is 104 Å². The van der Waals surface area contributed by atoms with Gasteiger partial charge < -0.3 is 26.6 Å². The molecule has 0 radical (unpaired) electrons. The molecule has 0 unspecified atom stereocenters. The van der Waals surface area contributed by atoms with Gasteiger partial charge in [-0.3, -0.25) is 0 Å². The van der Waals surface area contributed by atoms with Gasteiger partial charge in [0, 0.05) is 57.4 Å². The second-order valence-corrected chi connectivity index (χ2v) is 14.2. The highest BCUT2D eigenvalue weighted by molar-refractivity contribution is 8.76. The number of aryl methyl sites for hydroxylation is 1. The zero-order valence-corrected chi connectivity index (χ0v) is 30.2. The van der Waals surface area contributed by atoms with E-state index in [1.807, 2.05) is 116 Å². The summed E-state index contributed by atoms with van der Waals surface area (Å²) in [5.74, 6) is 2.09. The molecule has 0 aliphatic carbocycles. The Morgan fingerprint density at radius 2 is 1.40 bits per heavy atom. The van der Waals surface area contributed by atoms with Crippen LogP contribution in [0, 0.1) is 0 Å². The summed E-state index contributed by atoms with van der Waals surface area (Å²) in [6, 6.07) is 34.6. The van der Waals surface area contributed by atoms with E-state index in [1.54, 1.807) is 0 Å². The van der Waals surface area contributed by atoms with Crippen LogP contribution in [0.15, 0.2) is 126 Å². The number of para-hydroxylation sites is 2. The van der Waals surface area contributed by atoms with Crippen molar-refractivity contribution in [2.75, 3.05) is 67.5 Å². The van der Waals surface area contributed by atoms with Crippen LogP contribution in [0.3, 0.4) is 0 Å². The first-order valence-corrected chi connectivity index (χ1v) is 18.5. The Morgan fingerprint density at radius 3 is 2.08 bits per heavy atom. The van der Waals surface area contributed by atoms with Gasteiger partial charge in [0.05, 0.1) is 46.1 Å². The first-order chi connectivity index (χ1) is 23.3. The summed E-state index contributed by atoms with van der Waals surface area (Å²) in [6.07, 6.45) is 4.11. The molecule has 0 bridgehead atoms. The van der Waals surface area contributed by atoms with Crippen LogP contribution in [0.1, 0.15) is 12.5 Å². The Kier molecular flexibility index (Phi) is 14.2. The number of nitrogen functional groups attached to an aromatic ring is 2. The van der Waals surface area contributed by atoms with Crippen LogP contribution in [-0.4, -0.2) is 46.2 Å². The number of rotatable bonds is 13. The molecule has 48 heavy (non-hydrogen) atoms. The van der Waals surface area contributed by atoms with Crippen LogP contribution < -0.4 is 31.2 Å². The van der Waals surface area contributed by atoms with Crippen molar-refractivity contribution in [1.29, 1.82) is 0 Å². The van der Waals surface area contributed by atoms with Gasteiger partial charge in [-0.05, 0) is 73.7 Å². The van der Waals surface area contributed by atoms with Crippen molar-refractivity contribution in [3.63, 3.8) is 0 Å². The number of benzene rings is 4. The number of allylic oxidation sites excluding steroid dienone is 1. The van der Waals surface area contributed by atoms with Crippen molar-refractivity contribution < 1.29 is 9.88 Å². The summed E-state index contributed by atoms with van der Waals surface area (Å²) in [4.78, 5) is 4.11. The molecule has 1 aromatic heterocycles. The van der Waals surface area contributed by atoms with E-state index in [0.717, 1.165) is 64.0 Å². The summed E-state index contributed by atoms with van der Waals surface area (Å²) in [7, 11) is 11.9. The van der Waals surface area contributed by atoms with Crippen LogP contribution in [-0.2, 0) is 6.54 Å². The van der Waals surface area contributed by atoms with E-state index in [4.69, 9.17) is 11.5 Å². The molecule has 0 saturated carbocycles. The molecule has 0 amide bonds. The van der Waals surface area contributed by atoms with Crippen molar-refractivity contribution in [2.24, 2.45) is 10.2 Å². The number of aromatic nitrogens is 1. The van der Waals surface area contributed by atoms with Gasteiger partial charge in [0.2, 0.25) is 5.52 Å². The van der Waals surface area contributed by atoms with Gasteiger partial charge in [0.1, 0.15) is 5.69 Å². The number of hydrogen-bond donors (Lipinski definition) is 3. The molecule has 0 atom stereocenters. The Bertz CT molecular complexity index is 1790. The van der Waals surface area contributed by atoms with Crippen LogP contribution in [0.4, 0.5) is 34.1 Å². The summed E-state index contributed by atoms with van der Waals surface area (Å²) < 4.78 is 2.28. The lowest BCUT2D eigenvalue weighted by molar-refractivity contribution is -0.666. The minimum absolute atomic E-state index is 0.811. The summed E-state index contributed by atoms with van der Waals surface area (Å²) in [5, 5.41) is 12.5. The second kappa shape index (κ2) is 18.7. The Hall–Kier alpha value is -4.51. The molecule has 0 aliphatic rings. The fourth-order valence-corrected chi connectivity index (χ4v) is 6.84. The maximum atomic E-state index is 6.14. The fourth-order valence-electron chi connectivity index (χ4n) is 4.90. The SMILES string of the molecule is C/C=C(/N=Nc1ccc(N(C)C)cc1)c1ccccc1[NH2+]CCSSCC[n+]1ccc(N)c2ccccc21.CN(C)c1ccc(N)cc1. The Balaban J connectivity index is 0.000000445. The molecule has 0 aliphatic heterocycles. The fraction of sp³-hybridized carbons (Fsp3) is 0.237. The van der Waals surface area contributed by atoms with Crippen molar-refractivity contribution in [3.8, 4) is 0 Å². The number of nitrogens with zero attached hydrogens (tertiary/aromatic N) is 5. The van der Waals surface area contributed by atoms with E-state index in [-0.39, 0.29) is 0 Å². The molecule has 5 aromatic rings. The number of azo groups is 1. The lowest BCUT2D eigenvalue weighted by Gasteiger charge is -2.11. The molecule has 0 spiro atoms. The summed E-state index contributed by atoms with van der Waals surface area (Å²) >= 11 is 0. The molecule has 8 nitrogen and oxygen atoms in total. The highest BCUT2D eigenvalue weighted by atomic mass is 33.1. The van der Waals surface area contributed by atoms with Gasteiger partial charge in [-0.1, -0.05) is 51.9 Å². The number of pyridine rings is 1. The first-order valence-electron chi connectivity index (χ1n) is 16.0. The van der Waals surface area contributed by atoms with Crippen LogP contribution in [0.5, 0.6) is 0 Å². The molecular formula is C38H48N8S2+2. The van der Waals surface area contributed by atoms with Gasteiger partial charge in [-0.2, -0.15) is 14.8 Å². The normalized spacial score (nSPS) is 11.4. The monoisotopic (exact) mass is 680 g/mol. The standard InChI is InChI=1S/C30H34N6S2.C8H12N2/c1-4-28(34-33-23-13-15-24(16-14-23)35(2)3)26-10-5-7-11-29(26)32-18-21-37-38-22-20-36-19-17-27(31)25-9-6-8-12-30(25)36;1-10(2)8-5-3-7(9)4-6-8/h4-17,19,31-32H,18,20-22H2,1-3H3;3-6H,9H2,1-2H3/p+2/b28-4+,34-33?;. The number of fused-ring (bicyclic) bond motifs is 1. The largest absolute Gasteiger partial charge is 0.399 e. The maximum Gasteiger partial charge on any atom is 0.214 e. The van der Waals surface area contributed by atoms with Crippen LogP contribution in [0.2, 0.25) is 0 Å². The predicted octanol–water partition coefficient (Wildman–Crippen LogP) is 7.53. The molecule has 4 aromatic carbocycles. The van der Waals surface area contributed by atoms with Gasteiger partial charge >= 0.3 is 0 Å². The Morgan fingerprint density at radius 1 is 0.771 bits per heavy atom. The third-order valence-electron chi connectivity index (χ3n) is 7.58. The summed E-state index contributed by atoms with van der Waals surface area (Å²) in [6.45, 7) is 3.96. The number of nitrogens with two attached hydrogens (primary N) is 3. The molecule has 1 heterocycles. The van der Waals surface area contributed by atoms with Gasteiger partial charge in [-0.25, -0.2) is 0 Å². The van der Waals surface area contributed by atoms with Gasteiger partial charge in [-0.15, -0.1) is 0 Å². The second-order valence-electron chi connectivity index (χ2n) is 11.5. The smallest absolute Gasteiger partial charge is 0.214 e. The maximum absolute atomic E-state index is 6.14. The van der Waals surface area contributed by atoms with Crippen molar-refractivity contribution in [1.82, 2.24) is 0 Å². The molecule has 6 N–H and O–H groups in total. The lowest BCUT2D eigenvalue weighted by Crippen LogP contribution is -2.79. The van der Waals surface area contributed by atoms with Gasteiger partial charge in [0.15, 0.2) is 12.7 Å². The quantitative estimate of drug-likeness (QED) is 0.0391. The first kappa shape index (κ1) is 36.3. The zero-order chi connectivity index (χ0) is 34.3. The number of anilines is 4. The summed E-state index contributed by atoms with van der Waals surface area (Å²) in [5.41, 5.74) is 20.8. The number of quaternary nitrogens is 1. The molecule has 250 valence electrons. The van der Waals surface area contributed by atoms with Crippen molar-refractivity contribution in [2.45, 2.75) is 13.5 Å². The highest BCUT2D eigenvalue weighted by Gasteiger charge is 2.12.